The Balaban J connectivity index is 1.14. The molecular formula is C23H25N3O3. The van der Waals surface area contributed by atoms with Crippen LogP contribution in [-0.2, 0) is 11.2 Å². The number of ether oxygens (including phenoxy) is 2. The molecule has 2 aromatic carbocycles. The highest BCUT2D eigenvalue weighted by Crippen LogP contribution is 2.49. The summed E-state index contributed by atoms with van der Waals surface area (Å²) < 4.78 is 11.8. The third-order valence-electron chi connectivity index (χ3n) is 6.75. The SMILES string of the molecule is O=C1CN2c3c(cccc3[C@@H]3CN(CCOc4cccc5c4OCC5)CC[C@@H]32)N1. The van der Waals surface area contributed by atoms with E-state index in [-0.39, 0.29) is 5.91 Å². The molecule has 1 N–H and O–H groups in total. The number of carbonyl (C=O) groups excluding carboxylic acids is 1. The van der Waals surface area contributed by atoms with Crippen LogP contribution in [0.5, 0.6) is 11.5 Å². The van der Waals surface area contributed by atoms with E-state index in [1.807, 2.05) is 18.2 Å². The number of nitrogens with zero attached hydrogens (tertiary/aromatic N) is 2. The summed E-state index contributed by atoms with van der Waals surface area (Å²) in [6.45, 7) is 4.84. The first-order valence-corrected chi connectivity index (χ1v) is 10.6. The van der Waals surface area contributed by atoms with E-state index in [0.29, 0.717) is 25.1 Å². The molecule has 1 saturated heterocycles. The summed E-state index contributed by atoms with van der Waals surface area (Å²) in [5, 5.41) is 3.04. The van der Waals surface area contributed by atoms with E-state index < -0.39 is 0 Å². The van der Waals surface area contributed by atoms with Crippen molar-refractivity contribution >= 4 is 17.3 Å². The van der Waals surface area contributed by atoms with Gasteiger partial charge in [0.25, 0.3) is 0 Å². The Morgan fingerprint density at radius 1 is 1.21 bits per heavy atom. The molecule has 4 aliphatic heterocycles. The smallest absolute Gasteiger partial charge is 0.243 e. The van der Waals surface area contributed by atoms with E-state index in [2.05, 4.69) is 33.3 Å². The summed E-state index contributed by atoms with van der Waals surface area (Å²) in [6, 6.07) is 12.9. The third kappa shape index (κ3) is 2.77. The van der Waals surface area contributed by atoms with Crippen LogP contribution in [0.25, 0.3) is 0 Å². The number of carbonyl (C=O) groups is 1. The topological polar surface area (TPSA) is 54.0 Å². The second-order valence-corrected chi connectivity index (χ2v) is 8.37. The first-order chi connectivity index (χ1) is 14.3. The Hall–Kier alpha value is -2.73. The van der Waals surface area contributed by atoms with E-state index >= 15 is 0 Å². The zero-order valence-corrected chi connectivity index (χ0v) is 16.4. The van der Waals surface area contributed by atoms with Crippen LogP contribution in [0.3, 0.4) is 0 Å². The molecule has 0 aromatic heterocycles. The van der Waals surface area contributed by atoms with Crippen molar-refractivity contribution in [2.75, 3.05) is 49.6 Å². The lowest BCUT2D eigenvalue weighted by Crippen LogP contribution is -2.49. The number of anilines is 2. The van der Waals surface area contributed by atoms with Crippen molar-refractivity contribution < 1.29 is 14.3 Å². The minimum atomic E-state index is 0.101. The van der Waals surface area contributed by atoms with Gasteiger partial charge in [0.05, 0.1) is 24.5 Å². The van der Waals surface area contributed by atoms with Gasteiger partial charge in [0, 0.05) is 43.6 Å². The zero-order valence-electron chi connectivity index (χ0n) is 16.4. The summed E-state index contributed by atoms with van der Waals surface area (Å²) in [5.41, 5.74) is 4.85. The van der Waals surface area contributed by atoms with Crippen molar-refractivity contribution in [3.63, 3.8) is 0 Å². The normalized spacial score (nSPS) is 24.4. The number of amides is 1. The molecular weight excluding hydrogens is 366 g/mol. The number of nitrogens with one attached hydrogen (secondary N) is 1. The highest BCUT2D eigenvalue weighted by molar-refractivity contribution is 6.03. The Morgan fingerprint density at radius 2 is 2.14 bits per heavy atom. The average molecular weight is 391 g/mol. The van der Waals surface area contributed by atoms with Crippen molar-refractivity contribution in [1.82, 2.24) is 4.90 Å². The minimum Gasteiger partial charge on any atom is -0.489 e. The fourth-order valence-corrected chi connectivity index (χ4v) is 5.46. The lowest BCUT2D eigenvalue weighted by molar-refractivity contribution is -0.115. The lowest BCUT2D eigenvalue weighted by Gasteiger charge is -2.39. The lowest BCUT2D eigenvalue weighted by atomic mass is 9.89. The number of fused-ring (bicyclic) bond motifs is 4. The van der Waals surface area contributed by atoms with Gasteiger partial charge in [-0.05, 0) is 24.1 Å². The molecule has 29 heavy (non-hydrogen) atoms. The van der Waals surface area contributed by atoms with E-state index in [4.69, 9.17) is 9.47 Å². The Morgan fingerprint density at radius 3 is 3.10 bits per heavy atom. The molecule has 2 aromatic rings. The molecule has 150 valence electrons. The molecule has 2 atom stereocenters. The van der Waals surface area contributed by atoms with Crippen molar-refractivity contribution in [2.45, 2.75) is 24.8 Å². The number of hydrogen-bond acceptors (Lipinski definition) is 5. The summed E-state index contributed by atoms with van der Waals surface area (Å²) >= 11 is 0. The van der Waals surface area contributed by atoms with Gasteiger partial charge in [-0.3, -0.25) is 9.69 Å². The maximum absolute atomic E-state index is 12.1. The second kappa shape index (κ2) is 6.66. The predicted octanol–water partition coefficient (Wildman–Crippen LogP) is 2.63. The van der Waals surface area contributed by atoms with Gasteiger partial charge >= 0.3 is 0 Å². The third-order valence-corrected chi connectivity index (χ3v) is 6.75. The average Bonchev–Trinajstić information content (AvgIpc) is 3.33. The largest absolute Gasteiger partial charge is 0.489 e. The van der Waals surface area contributed by atoms with Crippen LogP contribution in [0.15, 0.2) is 36.4 Å². The fraction of sp³-hybridized carbons (Fsp3) is 0.435. The fourth-order valence-electron chi connectivity index (χ4n) is 5.46. The van der Waals surface area contributed by atoms with E-state index in [9.17, 15) is 4.79 Å². The van der Waals surface area contributed by atoms with Gasteiger partial charge in [-0.2, -0.15) is 0 Å². The monoisotopic (exact) mass is 391 g/mol. The number of likely N-dealkylation sites (tertiary alicyclic amines) is 1. The van der Waals surface area contributed by atoms with Gasteiger partial charge in [-0.1, -0.05) is 24.3 Å². The minimum absolute atomic E-state index is 0.101. The standard InChI is InChI=1S/C23H25N3O3/c27-21-14-26-19-7-9-25(13-17(19)16-4-2-5-18(24-21)22(16)26)10-12-28-20-6-1-3-15-8-11-29-23(15)20/h1-6,17,19H,7-14H2,(H,24,27)/t17-,19-/m0/s1. The van der Waals surface area contributed by atoms with Crippen molar-refractivity contribution in [2.24, 2.45) is 0 Å². The van der Waals surface area contributed by atoms with Gasteiger partial charge in [-0.25, -0.2) is 0 Å². The van der Waals surface area contributed by atoms with Gasteiger partial charge in [0.2, 0.25) is 5.91 Å². The van der Waals surface area contributed by atoms with Crippen LogP contribution in [-0.4, -0.2) is 56.2 Å². The van der Waals surface area contributed by atoms with E-state index in [1.165, 1.54) is 16.8 Å². The number of hydrogen-bond donors (Lipinski definition) is 1. The van der Waals surface area contributed by atoms with E-state index in [0.717, 1.165) is 56.3 Å². The molecule has 0 unspecified atom stereocenters. The van der Waals surface area contributed by atoms with Crippen molar-refractivity contribution in [3.8, 4) is 11.5 Å². The molecule has 6 heteroatoms. The molecule has 0 spiro atoms. The highest BCUT2D eigenvalue weighted by atomic mass is 16.5. The predicted molar refractivity (Wildman–Crippen MR) is 111 cm³/mol. The summed E-state index contributed by atoms with van der Waals surface area (Å²) in [6.07, 6.45) is 2.05. The number of piperidine rings is 1. The summed E-state index contributed by atoms with van der Waals surface area (Å²) in [4.78, 5) is 17.0. The molecule has 6 nitrogen and oxygen atoms in total. The van der Waals surface area contributed by atoms with Crippen LogP contribution in [0, 0.1) is 0 Å². The first kappa shape index (κ1) is 17.2. The maximum Gasteiger partial charge on any atom is 0.243 e. The molecule has 4 aliphatic rings. The Labute approximate surface area is 170 Å². The summed E-state index contributed by atoms with van der Waals surface area (Å²) in [5.74, 6) is 2.35. The van der Waals surface area contributed by atoms with E-state index in [1.54, 1.807) is 0 Å². The quantitative estimate of drug-likeness (QED) is 0.868. The molecule has 0 radical (unpaired) electrons. The molecule has 0 bridgehead atoms. The Kier molecular flexibility index (Phi) is 3.94. The van der Waals surface area contributed by atoms with Crippen LogP contribution in [0.4, 0.5) is 11.4 Å². The van der Waals surface area contributed by atoms with Crippen LogP contribution in [0.2, 0.25) is 0 Å². The first-order valence-electron chi connectivity index (χ1n) is 10.6. The maximum atomic E-state index is 12.1. The van der Waals surface area contributed by atoms with Crippen molar-refractivity contribution in [3.05, 3.63) is 47.5 Å². The van der Waals surface area contributed by atoms with Gasteiger partial charge in [-0.15, -0.1) is 0 Å². The van der Waals surface area contributed by atoms with Gasteiger partial charge in [0.15, 0.2) is 11.5 Å². The van der Waals surface area contributed by atoms with Gasteiger partial charge in [0.1, 0.15) is 6.61 Å². The molecule has 4 heterocycles. The number of rotatable bonds is 4. The molecule has 1 fully saturated rings. The molecule has 1 amide bonds. The highest BCUT2D eigenvalue weighted by Gasteiger charge is 2.45. The van der Waals surface area contributed by atoms with Crippen LogP contribution < -0.4 is 19.7 Å². The van der Waals surface area contributed by atoms with Crippen LogP contribution >= 0.6 is 0 Å². The molecule has 0 aliphatic carbocycles. The number of benzene rings is 2. The van der Waals surface area contributed by atoms with Gasteiger partial charge < -0.3 is 19.7 Å². The molecule has 6 rings (SSSR count). The molecule has 0 saturated carbocycles. The summed E-state index contributed by atoms with van der Waals surface area (Å²) in [7, 11) is 0. The number of para-hydroxylation sites is 2. The zero-order chi connectivity index (χ0) is 19.4. The van der Waals surface area contributed by atoms with Crippen molar-refractivity contribution in [1.29, 1.82) is 0 Å². The van der Waals surface area contributed by atoms with Crippen LogP contribution in [0.1, 0.15) is 23.5 Å². The Bertz CT molecular complexity index is 976. The second-order valence-electron chi connectivity index (χ2n) is 8.37.